The standard InChI is InChI=1S/C26H21BrFN3O2S/c1-32-18-8-5-16(6-9-18)15-31-25(24(30-26(31)34)21-4-2-3-13-29-21)23-12-11-22(33-23)19-10-7-17(27)14-20(19)28/h2-14,24-25H,15H2,1H3,(H,30,34)/t24-,25+/m1/s1. The van der Waals surface area contributed by atoms with Gasteiger partial charge in [0, 0.05) is 17.2 Å². The van der Waals surface area contributed by atoms with E-state index >= 15 is 0 Å². The Morgan fingerprint density at radius 2 is 1.94 bits per heavy atom. The van der Waals surface area contributed by atoms with Crippen molar-refractivity contribution in [3.05, 3.63) is 106 Å². The first-order chi connectivity index (χ1) is 16.5. The van der Waals surface area contributed by atoms with E-state index < -0.39 is 0 Å². The zero-order valence-electron chi connectivity index (χ0n) is 18.2. The van der Waals surface area contributed by atoms with Gasteiger partial charge in [-0.05, 0) is 72.4 Å². The molecule has 0 aliphatic carbocycles. The molecule has 8 heteroatoms. The van der Waals surface area contributed by atoms with Gasteiger partial charge in [-0.1, -0.05) is 34.1 Å². The summed E-state index contributed by atoms with van der Waals surface area (Å²) in [5.74, 6) is 1.57. The van der Waals surface area contributed by atoms with Gasteiger partial charge in [0.1, 0.15) is 29.1 Å². The molecule has 2 atom stereocenters. The van der Waals surface area contributed by atoms with Crippen LogP contribution < -0.4 is 10.1 Å². The van der Waals surface area contributed by atoms with Gasteiger partial charge < -0.3 is 19.4 Å². The second kappa shape index (κ2) is 9.56. The fraction of sp³-hybridized carbons (Fsp3) is 0.154. The first-order valence-electron chi connectivity index (χ1n) is 10.7. The van der Waals surface area contributed by atoms with Gasteiger partial charge in [0.15, 0.2) is 5.11 Å². The summed E-state index contributed by atoms with van der Waals surface area (Å²) in [6.45, 7) is 0.562. The van der Waals surface area contributed by atoms with Crippen molar-refractivity contribution in [2.24, 2.45) is 0 Å². The van der Waals surface area contributed by atoms with E-state index in [-0.39, 0.29) is 17.9 Å². The highest BCUT2D eigenvalue weighted by Crippen LogP contribution is 2.41. The average Bonchev–Trinajstić information content (AvgIpc) is 3.45. The Balaban J connectivity index is 1.52. The second-order valence-corrected chi connectivity index (χ2v) is 9.23. The molecule has 3 heterocycles. The molecule has 1 fully saturated rings. The molecule has 1 aliphatic rings. The Morgan fingerprint density at radius 3 is 2.65 bits per heavy atom. The van der Waals surface area contributed by atoms with Gasteiger partial charge in [0.05, 0.1) is 24.4 Å². The first-order valence-corrected chi connectivity index (χ1v) is 11.9. The van der Waals surface area contributed by atoms with Crippen LogP contribution in [0.15, 0.2) is 87.9 Å². The van der Waals surface area contributed by atoms with E-state index in [9.17, 15) is 4.39 Å². The number of furan rings is 1. The lowest BCUT2D eigenvalue weighted by molar-refractivity contribution is 0.269. The third-order valence-electron chi connectivity index (χ3n) is 5.82. The van der Waals surface area contributed by atoms with Gasteiger partial charge in [-0.25, -0.2) is 4.39 Å². The number of methoxy groups -OCH3 is 1. The molecule has 1 saturated heterocycles. The number of halogens is 2. The lowest BCUT2D eigenvalue weighted by Crippen LogP contribution is -2.29. The molecule has 2 aromatic heterocycles. The summed E-state index contributed by atoms with van der Waals surface area (Å²) in [5.41, 5.74) is 2.32. The van der Waals surface area contributed by atoms with Crippen molar-refractivity contribution in [1.82, 2.24) is 15.2 Å². The van der Waals surface area contributed by atoms with Crippen molar-refractivity contribution in [3.8, 4) is 17.1 Å². The lowest BCUT2D eigenvalue weighted by Gasteiger charge is -2.26. The number of pyridine rings is 1. The second-order valence-electron chi connectivity index (χ2n) is 7.93. The Morgan fingerprint density at radius 1 is 1.12 bits per heavy atom. The number of thiocarbonyl (C=S) groups is 1. The van der Waals surface area contributed by atoms with Gasteiger partial charge in [-0.15, -0.1) is 0 Å². The normalized spacial score (nSPS) is 17.6. The van der Waals surface area contributed by atoms with Crippen LogP contribution in [0.1, 0.15) is 29.1 Å². The number of hydrogen-bond acceptors (Lipinski definition) is 4. The van der Waals surface area contributed by atoms with Crippen LogP contribution in [-0.4, -0.2) is 22.1 Å². The van der Waals surface area contributed by atoms with Crippen LogP contribution in [0.4, 0.5) is 4.39 Å². The molecule has 172 valence electrons. The fourth-order valence-corrected chi connectivity index (χ4v) is 4.80. The van der Waals surface area contributed by atoms with Crippen molar-refractivity contribution in [3.63, 3.8) is 0 Å². The number of benzene rings is 2. The molecule has 0 saturated carbocycles. The van der Waals surface area contributed by atoms with Crippen LogP contribution in [0, 0.1) is 5.82 Å². The van der Waals surface area contributed by atoms with E-state index in [2.05, 4.69) is 31.1 Å². The van der Waals surface area contributed by atoms with E-state index in [0.29, 0.717) is 33.2 Å². The maximum Gasteiger partial charge on any atom is 0.170 e. The minimum atomic E-state index is -0.355. The molecule has 1 aliphatic heterocycles. The number of aromatic nitrogens is 1. The van der Waals surface area contributed by atoms with Gasteiger partial charge in [-0.2, -0.15) is 0 Å². The zero-order valence-corrected chi connectivity index (χ0v) is 20.6. The van der Waals surface area contributed by atoms with E-state index in [1.165, 1.54) is 6.07 Å². The smallest absolute Gasteiger partial charge is 0.170 e. The van der Waals surface area contributed by atoms with E-state index in [0.717, 1.165) is 17.0 Å². The number of hydrogen-bond donors (Lipinski definition) is 1. The maximum absolute atomic E-state index is 14.6. The number of rotatable bonds is 6. The Kier molecular flexibility index (Phi) is 6.34. The predicted octanol–water partition coefficient (Wildman–Crippen LogP) is 6.42. The van der Waals surface area contributed by atoms with Crippen LogP contribution in [0.2, 0.25) is 0 Å². The highest BCUT2D eigenvalue weighted by molar-refractivity contribution is 9.10. The summed E-state index contributed by atoms with van der Waals surface area (Å²) in [5, 5.41) is 4.01. The number of ether oxygens (including phenoxy) is 1. The lowest BCUT2D eigenvalue weighted by atomic mass is 10.0. The summed E-state index contributed by atoms with van der Waals surface area (Å²) in [4.78, 5) is 6.63. The highest BCUT2D eigenvalue weighted by Gasteiger charge is 2.41. The average molecular weight is 538 g/mol. The van der Waals surface area contributed by atoms with Crippen molar-refractivity contribution in [2.45, 2.75) is 18.6 Å². The van der Waals surface area contributed by atoms with Crippen molar-refractivity contribution in [1.29, 1.82) is 0 Å². The monoisotopic (exact) mass is 537 g/mol. The van der Waals surface area contributed by atoms with Crippen molar-refractivity contribution < 1.29 is 13.5 Å². The first kappa shape index (κ1) is 22.6. The summed E-state index contributed by atoms with van der Waals surface area (Å²) < 4.78 is 26.8. The van der Waals surface area contributed by atoms with Gasteiger partial charge in [0.2, 0.25) is 0 Å². The molecule has 0 spiro atoms. The quantitative estimate of drug-likeness (QED) is 0.286. The SMILES string of the molecule is COc1ccc(CN2C(=S)N[C@H](c3ccccn3)[C@@H]2c2ccc(-c3ccc(Br)cc3F)o2)cc1. The van der Waals surface area contributed by atoms with Crippen LogP contribution in [0.5, 0.6) is 5.75 Å². The van der Waals surface area contributed by atoms with Crippen LogP contribution in [0.25, 0.3) is 11.3 Å². The zero-order chi connectivity index (χ0) is 23.7. The van der Waals surface area contributed by atoms with Crippen LogP contribution in [-0.2, 0) is 6.54 Å². The molecule has 5 rings (SSSR count). The maximum atomic E-state index is 14.6. The molecular formula is C26H21BrFN3O2S. The summed E-state index contributed by atoms with van der Waals surface area (Å²) in [7, 11) is 1.64. The van der Waals surface area contributed by atoms with Gasteiger partial charge in [0.25, 0.3) is 0 Å². The molecule has 0 unspecified atom stereocenters. The molecule has 0 amide bonds. The topological polar surface area (TPSA) is 50.5 Å². The van der Waals surface area contributed by atoms with Gasteiger partial charge in [-0.3, -0.25) is 4.98 Å². The summed E-state index contributed by atoms with van der Waals surface area (Å²) >= 11 is 9.04. The largest absolute Gasteiger partial charge is 0.497 e. The van der Waals surface area contributed by atoms with Crippen molar-refractivity contribution in [2.75, 3.05) is 7.11 Å². The third kappa shape index (κ3) is 4.43. The molecule has 1 N–H and O–H groups in total. The minimum absolute atomic E-state index is 0.222. The summed E-state index contributed by atoms with van der Waals surface area (Å²) in [6.07, 6.45) is 1.76. The molecule has 5 nitrogen and oxygen atoms in total. The number of nitrogens with zero attached hydrogens (tertiary/aromatic N) is 2. The van der Waals surface area contributed by atoms with Crippen molar-refractivity contribution >= 4 is 33.3 Å². The molecule has 34 heavy (non-hydrogen) atoms. The third-order valence-corrected chi connectivity index (χ3v) is 6.67. The molecule has 0 bridgehead atoms. The Hall–Kier alpha value is -3.23. The predicted molar refractivity (Wildman–Crippen MR) is 136 cm³/mol. The van der Waals surface area contributed by atoms with E-state index in [1.54, 1.807) is 31.5 Å². The van der Waals surface area contributed by atoms with E-state index in [1.807, 2.05) is 48.5 Å². The highest BCUT2D eigenvalue weighted by atomic mass is 79.9. The van der Waals surface area contributed by atoms with E-state index in [4.69, 9.17) is 21.4 Å². The molecule has 2 aromatic carbocycles. The Labute approximate surface area is 210 Å². The fourth-order valence-electron chi connectivity index (χ4n) is 4.16. The van der Waals surface area contributed by atoms with Crippen LogP contribution in [0.3, 0.4) is 0 Å². The van der Waals surface area contributed by atoms with Gasteiger partial charge >= 0.3 is 0 Å². The molecule has 0 radical (unpaired) electrons. The summed E-state index contributed by atoms with van der Waals surface area (Å²) in [6, 6.07) is 21.8. The Bertz CT molecular complexity index is 1310. The number of nitrogens with one attached hydrogen (secondary N) is 1. The van der Waals surface area contributed by atoms with Crippen LogP contribution >= 0.6 is 28.1 Å². The minimum Gasteiger partial charge on any atom is -0.497 e. The molecular weight excluding hydrogens is 517 g/mol. The molecule has 4 aromatic rings.